The Balaban J connectivity index is 2.09. The number of nitrogens with zero attached hydrogens (tertiary/aromatic N) is 3. The second kappa shape index (κ2) is 6.65. The summed E-state index contributed by atoms with van der Waals surface area (Å²) in [5.74, 6) is 0.0126. The van der Waals surface area contributed by atoms with E-state index in [-0.39, 0.29) is 33.0 Å². The van der Waals surface area contributed by atoms with E-state index >= 15 is 0 Å². The van der Waals surface area contributed by atoms with Crippen molar-refractivity contribution in [3.05, 3.63) is 44.7 Å². The minimum absolute atomic E-state index is 0.177. The van der Waals surface area contributed by atoms with Gasteiger partial charge in [0.25, 0.3) is 11.5 Å². The molecule has 0 aromatic carbocycles. The predicted octanol–water partition coefficient (Wildman–Crippen LogP) is 3.30. The summed E-state index contributed by atoms with van der Waals surface area (Å²) in [5.41, 5.74) is -0.783. The molecule has 7 nitrogen and oxygen atoms in total. The molecule has 9 heteroatoms. The van der Waals surface area contributed by atoms with Crippen LogP contribution in [-0.4, -0.2) is 20.4 Å². The van der Waals surface area contributed by atoms with Crippen molar-refractivity contribution in [2.24, 2.45) is 0 Å². The van der Waals surface area contributed by atoms with E-state index in [0.29, 0.717) is 12.2 Å². The normalized spacial score (nSPS) is 18.8. The Bertz CT molecular complexity index is 899. The largest absolute Gasteiger partial charge is 0.336 e. The monoisotopic (exact) mass is 381 g/mol. The maximum Gasteiger partial charge on any atom is 0.276 e. The summed E-state index contributed by atoms with van der Waals surface area (Å²) in [5, 5.41) is 6.22. The predicted molar refractivity (Wildman–Crippen MR) is 96.7 cm³/mol. The molecule has 2 aromatic heterocycles. The number of rotatable bonds is 5. The van der Waals surface area contributed by atoms with Gasteiger partial charge in [-0.25, -0.2) is 9.97 Å². The number of amides is 1. The number of aromatic nitrogens is 3. The van der Waals surface area contributed by atoms with Crippen LogP contribution in [0.25, 0.3) is 0 Å². The third-order valence-electron chi connectivity index (χ3n) is 4.16. The summed E-state index contributed by atoms with van der Waals surface area (Å²) in [6.07, 6.45) is 3.72. The summed E-state index contributed by atoms with van der Waals surface area (Å²) in [6, 6.07) is 2.92. The molecular weight excluding hydrogens is 365 g/mol. The molecule has 0 spiro atoms. The van der Waals surface area contributed by atoms with Crippen molar-refractivity contribution in [1.82, 2.24) is 19.9 Å². The lowest BCUT2D eigenvalue weighted by Crippen LogP contribution is -2.45. The molecule has 1 atom stereocenters. The second-order valence-electron chi connectivity index (χ2n) is 6.08. The van der Waals surface area contributed by atoms with Gasteiger partial charge in [0.05, 0.1) is 5.02 Å². The topological polar surface area (TPSA) is 88.9 Å². The molecule has 1 aliphatic rings. The van der Waals surface area contributed by atoms with Crippen LogP contribution in [0.4, 0.5) is 11.5 Å². The van der Waals surface area contributed by atoms with Crippen molar-refractivity contribution in [3.63, 3.8) is 0 Å². The molecule has 2 aromatic rings. The van der Waals surface area contributed by atoms with Crippen LogP contribution in [0.5, 0.6) is 0 Å². The van der Waals surface area contributed by atoms with Crippen molar-refractivity contribution in [1.29, 1.82) is 0 Å². The van der Waals surface area contributed by atoms with E-state index in [0.717, 1.165) is 12.8 Å². The standard InChI is InChI=1S/C16H17Cl2N5O2/c1-3-4-5-16(2)22-14(24)13-9(17)6-10(15(25)23(13)16)21-12-7-11(18)19-8-20-12/h6-8H,3-5H2,1-2H3,(H,22,24)(H,19,20,21). The number of carbonyl (C=O) groups excluding carboxylic acids is 1. The van der Waals surface area contributed by atoms with Gasteiger partial charge in [-0.3, -0.25) is 14.2 Å². The number of unbranched alkanes of at least 4 members (excludes halogenated alkanes) is 1. The number of carbonyl (C=O) groups is 1. The van der Waals surface area contributed by atoms with Crippen LogP contribution in [0.2, 0.25) is 10.2 Å². The molecule has 1 unspecified atom stereocenters. The highest BCUT2D eigenvalue weighted by molar-refractivity contribution is 6.34. The average Bonchev–Trinajstić information content (AvgIpc) is 2.82. The highest BCUT2D eigenvalue weighted by Gasteiger charge is 2.41. The van der Waals surface area contributed by atoms with Crippen LogP contribution < -0.4 is 16.2 Å². The van der Waals surface area contributed by atoms with Gasteiger partial charge < -0.3 is 10.6 Å². The van der Waals surface area contributed by atoms with Crippen LogP contribution in [0.15, 0.2) is 23.3 Å². The molecule has 1 amide bonds. The van der Waals surface area contributed by atoms with Crippen LogP contribution in [-0.2, 0) is 5.66 Å². The lowest BCUT2D eigenvalue weighted by molar-refractivity contribution is 0.0920. The van der Waals surface area contributed by atoms with E-state index in [1.807, 2.05) is 13.8 Å². The maximum absolute atomic E-state index is 13.0. The maximum atomic E-state index is 13.0. The smallest absolute Gasteiger partial charge is 0.276 e. The zero-order valence-corrected chi connectivity index (χ0v) is 15.3. The molecule has 0 bridgehead atoms. The highest BCUT2D eigenvalue weighted by atomic mass is 35.5. The van der Waals surface area contributed by atoms with Crippen molar-refractivity contribution >= 4 is 40.6 Å². The Kier molecular flexibility index (Phi) is 4.71. The first kappa shape index (κ1) is 17.7. The van der Waals surface area contributed by atoms with Gasteiger partial charge in [0, 0.05) is 6.07 Å². The molecular formula is C16H17Cl2N5O2. The average molecular weight is 382 g/mol. The fraction of sp³-hybridized carbons (Fsp3) is 0.375. The van der Waals surface area contributed by atoms with Crippen molar-refractivity contribution < 1.29 is 4.79 Å². The molecule has 0 saturated carbocycles. The Morgan fingerprint density at radius 1 is 1.28 bits per heavy atom. The number of halogens is 2. The SMILES string of the molecule is CCCCC1(C)NC(=O)c2c(Cl)cc(Nc3cc(Cl)ncn3)c(=O)n21. The van der Waals surface area contributed by atoms with E-state index in [1.54, 1.807) is 0 Å². The van der Waals surface area contributed by atoms with Gasteiger partial charge in [0.15, 0.2) is 0 Å². The molecule has 3 heterocycles. The number of pyridine rings is 1. The van der Waals surface area contributed by atoms with E-state index in [4.69, 9.17) is 23.2 Å². The Labute approximate surface area is 154 Å². The molecule has 0 radical (unpaired) electrons. The molecule has 1 aliphatic heterocycles. The first-order valence-electron chi connectivity index (χ1n) is 7.89. The van der Waals surface area contributed by atoms with Gasteiger partial charge >= 0.3 is 0 Å². The van der Waals surface area contributed by atoms with Crippen LogP contribution in [0.3, 0.4) is 0 Å². The fourth-order valence-electron chi connectivity index (χ4n) is 2.95. The first-order chi connectivity index (χ1) is 11.9. The second-order valence-corrected chi connectivity index (χ2v) is 6.87. The number of fused-ring (bicyclic) bond motifs is 1. The van der Waals surface area contributed by atoms with Crippen molar-refractivity contribution in [2.45, 2.75) is 38.8 Å². The molecule has 2 N–H and O–H groups in total. The minimum atomic E-state index is -0.815. The molecule has 0 fully saturated rings. The molecule has 0 saturated heterocycles. The van der Waals surface area contributed by atoms with Crippen molar-refractivity contribution in [2.75, 3.05) is 5.32 Å². The zero-order valence-electron chi connectivity index (χ0n) is 13.8. The Hall–Kier alpha value is -2.12. The van der Waals surface area contributed by atoms with Crippen LogP contribution in [0, 0.1) is 0 Å². The highest BCUT2D eigenvalue weighted by Crippen LogP contribution is 2.32. The van der Waals surface area contributed by atoms with Crippen LogP contribution in [0.1, 0.15) is 43.6 Å². The quantitative estimate of drug-likeness (QED) is 0.775. The first-order valence-corrected chi connectivity index (χ1v) is 8.64. The van der Waals surface area contributed by atoms with Crippen molar-refractivity contribution in [3.8, 4) is 0 Å². The van der Waals surface area contributed by atoms with E-state index in [1.165, 1.54) is 23.0 Å². The number of hydrogen-bond acceptors (Lipinski definition) is 5. The zero-order chi connectivity index (χ0) is 18.2. The number of hydrogen-bond donors (Lipinski definition) is 2. The van der Waals surface area contributed by atoms with Gasteiger partial charge in [-0.15, -0.1) is 0 Å². The third kappa shape index (κ3) is 3.21. The van der Waals surface area contributed by atoms with Gasteiger partial charge in [0.2, 0.25) is 0 Å². The van der Waals surface area contributed by atoms with E-state index in [2.05, 4.69) is 20.6 Å². The minimum Gasteiger partial charge on any atom is -0.336 e. The third-order valence-corrected chi connectivity index (χ3v) is 4.65. The lowest BCUT2D eigenvalue weighted by atomic mass is 10.1. The van der Waals surface area contributed by atoms with Gasteiger partial charge in [-0.2, -0.15) is 0 Å². The number of anilines is 2. The molecule has 25 heavy (non-hydrogen) atoms. The Morgan fingerprint density at radius 3 is 2.72 bits per heavy atom. The summed E-state index contributed by atoms with van der Waals surface area (Å²) < 4.78 is 1.43. The Morgan fingerprint density at radius 2 is 2.04 bits per heavy atom. The summed E-state index contributed by atoms with van der Waals surface area (Å²) in [7, 11) is 0. The summed E-state index contributed by atoms with van der Waals surface area (Å²) in [6.45, 7) is 3.87. The van der Waals surface area contributed by atoms with Gasteiger partial charge in [-0.1, -0.05) is 36.5 Å². The molecule has 132 valence electrons. The van der Waals surface area contributed by atoms with Gasteiger partial charge in [0.1, 0.15) is 34.3 Å². The molecule has 3 rings (SSSR count). The molecule has 0 aliphatic carbocycles. The van der Waals surface area contributed by atoms with E-state index in [9.17, 15) is 9.59 Å². The van der Waals surface area contributed by atoms with Crippen LogP contribution >= 0.6 is 23.2 Å². The van der Waals surface area contributed by atoms with Gasteiger partial charge in [-0.05, 0) is 25.8 Å². The number of nitrogens with one attached hydrogen (secondary N) is 2. The lowest BCUT2D eigenvalue weighted by Gasteiger charge is -2.27. The summed E-state index contributed by atoms with van der Waals surface area (Å²) >= 11 is 12.1. The fourth-order valence-corrected chi connectivity index (χ4v) is 3.38. The van der Waals surface area contributed by atoms with E-state index < -0.39 is 5.66 Å². The summed E-state index contributed by atoms with van der Waals surface area (Å²) in [4.78, 5) is 33.1.